The van der Waals surface area contributed by atoms with E-state index in [1.165, 1.54) is 18.2 Å². The Morgan fingerprint density at radius 2 is 1.68 bits per heavy atom. The first-order valence-electron chi connectivity index (χ1n) is 6.44. The molecule has 102 valence electrons. The Morgan fingerprint density at radius 3 is 2.21 bits per heavy atom. The van der Waals surface area contributed by atoms with Crippen LogP contribution in [-0.2, 0) is 9.84 Å². The van der Waals surface area contributed by atoms with Gasteiger partial charge >= 0.3 is 0 Å². The second-order valence-corrected chi connectivity index (χ2v) is 7.18. The number of benzene rings is 1. The minimum Gasteiger partial charge on any atom is -0.222 e. The van der Waals surface area contributed by atoms with Crippen LogP contribution in [0.2, 0.25) is 0 Å². The second kappa shape index (κ2) is 5.30. The molecule has 0 aromatic heterocycles. The molecule has 2 rings (SSSR count). The molecule has 0 unspecified atom stereocenters. The maximum absolute atomic E-state index is 13.8. The summed E-state index contributed by atoms with van der Waals surface area (Å²) in [5, 5.41) is 9.40. The molecule has 0 atom stereocenters. The fraction of sp³-hybridized carbons (Fsp3) is 0.500. The van der Waals surface area contributed by atoms with Crippen molar-refractivity contribution in [3.63, 3.8) is 0 Å². The molecule has 0 bridgehead atoms. The first-order valence-corrected chi connectivity index (χ1v) is 7.92. The molecule has 0 aliphatic heterocycles. The lowest BCUT2D eigenvalue weighted by Gasteiger charge is -2.25. The molecule has 0 heterocycles. The van der Waals surface area contributed by atoms with Crippen LogP contribution < -0.4 is 0 Å². The number of nitriles is 1. The summed E-state index contributed by atoms with van der Waals surface area (Å²) in [7, 11) is -3.96. The van der Waals surface area contributed by atoms with Crippen molar-refractivity contribution in [1.82, 2.24) is 0 Å². The second-order valence-electron chi connectivity index (χ2n) is 4.95. The van der Waals surface area contributed by atoms with E-state index in [0.29, 0.717) is 25.7 Å². The molecular weight excluding hydrogens is 265 g/mol. The average molecular weight is 281 g/mol. The Kier molecular flexibility index (Phi) is 3.91. The molecule has 5 heteroatoms. The molecular formula is C14H16FNO2S. The number of hydrogen-bond acceptors (Lipinski definition) is 3. The molecule has 0 N–H and O–H groups in total. The SMILES string of the molecule is N#CC1(S(=O)(=O)c2ccccc2F)CCCCCC1. The topological polar surface area (TPSA) is 57.9 Å². The monoisotopic (exact) mass is 281 g/mol. The van der Waals surface area contributed by atoms with Crippen molar-refractivity contribution >= 4 is 9.84 Å². The maximum Gasteiger partial charge on any atom is 0.200 e. The zero-order valence-electron chi connectivity index (χ0n) is 10.6. The van der Waals surface area contributed by atoms with Crippen molar-refractivity contribution in [3.05, 3.63) is 30.1 Å². The van der Waals surface area contributed by atoms with Gasteiger partial charge in [-0.3, -0.25) is 0 Å². The van der Waals surface area contributed by atoms with Gasteiger partial charge in [0.2, 0.25) is 0 Å². The van der Waals surface area contributed by atoms with Gasteiger partial charge < -0.3 is 0 Å². The van der Waals surface area contributed by atoms with E-state index in [2.05, 4.69) is 0 Å². The molecule has 1 aliphatic carbocycles. The first-order chi connectivity index (χ1) is 9.03. The quantitative estimate of drug-likeness (QED) is 0.782. The van der Waals surface area contributed by atoms with Crippen molar-refractivity contribution in [2.75, 3.05) is 0 Å². The smallest absolute Gasteiger partial charge is 0.200 e. The Morgan fingerprint density at radius 1 is 1.11 bits per heavy atom. The molecule has 0 amide bonds. The molecule has 1 saturated carbocycles. The van der Waals surface area contributed by atoms with Crippen LogP contribution in [0.25, 0.3) is 0 Å². The average Bonchev–Trinajstić information content (AvgIpc) is 2.65. The highest BCUT2D eigenvalue weighted by atomic mass is 32.2. The molecule has 0 radical (unpaired) electrons. The van der Waals surface area contributed by atoms with E-state index in [-0.39, 0.29) is 4.90 Å². The minimum absolute atomic E-state index is 0.292. The van der Waals surface area contributed by atoms with Crippen molar-refractivity contribution in [3.8, 4) is 6.07 Å². The van der Waals surface area contributed by atoms with Crippen LogP contribution >= 0.6 is 0 Å². The molecule has 0 saturated heterocycles. The lowest BCUT2D eigenvalue weighted by Crippen LogP contribution is -2.37. The number of halogens is 1. The normalized spacial score (nSPS) is 19.4. The van der Waals surface area contributed by atoms with Crippen LogP contribution in [0.4, 0.5) is 4.39 Å². The Labute approximate surface area is 113 Å². The maximum atomic E-state index is 13.8. The fourth-order valence-corrected chi connectivity index (χ4v) is 4.56. The van der Waals surface area contributed by atoms with Crippen molar-refractivity contribution in [1.29, 1.82) is 5.26 Å². The fourth-order valence-electron chi connectivity index (χ4n) is 2.61. The molecule has 3 nitrogen and oxygen atoms in total. The summed E-state index contributed by atoms with van der Waals surface area (Å²) in [6.07, 6.45) is 3.83. The number of hydrogen-bond donors (Lipinski definition) is 0. The van der Waals surface area contributed by atoms with E-state index in [9.17, 15) is 18.1 Å². The van der Waals surface area contributed by atoms with Crippen molar-refractivity contribution in [2.45, 2.75) is 48.2 Å². The Balaban J connectivity index is 2.53. The first kappa shape index (κ1) is 14.0. The lowest BCUT2D eigenvalue weighted by atomic mass is 10.0. The van der Waals surface area contributed by atoms with Crippen LogP contribution in [-0.4, -0.2) is 13.2 Å². The third-order valence-electron chi connectivity index (χ3n) is 3.76. The van der Waals surface area contributed by atoms with E-state index < -0.39 is 20.4 Å². The Hall–Kier alpha value is -1.41. The Bertz CT molecular complexity index is 596. The van der Waals surface area contributed by atoms with Gasteiger partial charge in [0, 0.05) is 0 Å². The van der Waals surface area contributed by atoms with Crippen LogP contribution in [0.15, 0.2) is 29.2 Å². The predicted octanol–water partition coefficient (Wildman–Crippen LogP) is 3.22. The zero-order chi connectivity index (χ0) is 13.9. The molecule has 1 aromatic carbocycles. The van der Waals surface area contributed by atoms with E-state index >= 15 is 0 Å². The predicted molar refractivity (Wildman–Crippen MR) is 69.6 cm³/mol. The summed E-state index contributed by atoms with van der Waals surface area (Å²) < 4.78 is 37.6. The number of nitrogens with zero attached hydrogens (tertiary/aromatic N) is 1. The molecule has 1 fully saturated rings. The molecule has 0 spiro atoms. The standard InChI is InChI=1S/C14H16FNO2S/c15-12-7-3-4-8-13(12)19(17,18)14(11-16)9-5-1-2-6-10-14/h3-4,7-8H,1-2,5-6,9-10H2. The molecule has 19 heavy (non-hydrogen) atoms. The van der Waals surface area contributed by atoms with Gasteiger partial charge in [-0.05, 0) is 25.0 Å². The van der Waals surface area contributed by atoms with Gasteiger partial charge in [-0.2, -0.15) is 5.26 Å². The highest BCUT2D eigenvalue weighted by Crippen LogP contribution is 2.38. The van der Waals surface area contributed by atoms with E-state index in [4.69, 9.17) is 0 Å². The summed E-state index contributed by atoms with van der Waals surface area (Å²) >= 11 is 0. The van der Waals surface area contributed by atoms with E-state index in [1.54, 1.807) is 0 Å². The number of sulfone groups is 1. The minimum atomic E-state index is -3.96. The van der Waals surface area contributed by atoms with Gasteiger partial charge in [-0.25, -0.2) is 12.8 Å². The number of rotatable bonds is 2. The summed E-state index contributed by atoms with van der Waals surface area (Å²) in [4.78, 5) is -0.349. The highest BCUT2D eigenvalue weighted by molar-refractivity contribution is 7.93. The zero-order valence-corrected chi connectivity index (χ0v) is 11.4. The van der Waals surface area contributed by atoms with E-state index in [1.807, 2.05) is 6.07 Å². The largest absolute Gasteiger partial charge is 0.222 e. The van der Waals surface area contributed by atoms with Gasteiger partial charge in [-0.1, -0.05) is 37.8 Å². The summed E-state index contributed by atoms with van der Waals surface area (Å²) in [6, 6.07) is 7.26. The van der Waals surface area contributed by atoms with Crippen molar-refractivity contribution < 1.29 is 12.8 Å². The molecule has 1 aliphatic rings. The van der Waals surface area contributed by atoms with Gasteiger partial charge in [-0.15, -0.1) is 0 Å². The van der Waals surface area contributed by atoms with Gasteiger partial charge in [0.1, 0.15) is 10.7 Å². The van der Waals surface area contributed by atoms with Crippen LogP contribution in [0, 0.1) is 17.1 Å². The highest BCUT2D eigenvalue weighted by Gasteiger charge is 2.46. The summed E-state index contributed by atoms with van der Waals surface area (Å²) in [6.45, 7) is 0. The summed E-state index contributed by atoms with van der Waals surface area (Å²) in [5.74, 6) is -0.777. The third kappa shape index (κ3) is 2.37. The summed E-state index contributed by atoms with van der Waals surface area (Å²) in [5.41, 5.74) is 0. The van der Waals surface area contributed by atoms with Crippen molar-refractivity contribution in [2.24, 2.45) is 0 Å². The van der Waals surface area contributed by atoms with Crippen LogP contribution in [0.5, 0.6) is 0 Å². The van der Waals surface area contributed by atoms with E-state index in [0.717, 1.165) is 18.9 Å². The van der Waals surface area contributed by atoms with Crippen LogP contribution in [0.1, 0.15) is 38.5 Å². The van der Waals surface area contributed by atoms with Gasteiger partial charge in [0.15, 0.2) is 14.6 Å². The molecule has 1 aromatic rings. The lowest BCUT2D eigenvalue weighted by molar-refractivity contribution is 0.512. The van der Waals surface area contributed by atoms with Gasteiger partial charge in [0.25, 0.3) is 0 Å². The van der Waals surface area contributed by atoms with Crippen LogP contribution in [0.3, 0.4) is 0 Å². The van der Waals surface area contributed by atoms with Gasteiger partial charge in [0.05, 0.1) is 6.07 Å². The third-order valence-corrected chi connectivity index (χ3v) is 6.19.